The van der Waals surface area contributed by atoms with E-state index in [9.17, 15) is 4.79 Å². The van der Waals surface area contributed by atoms with Crippen LogP contribution in [0.25, 0.3) is 0 Å². The number of thioether (sulfide) groups is 1. The van der Waals surface area contributed by atoms with Gasteiger partial charge in [0.25, 0.3) is 0 Å². The minimum Gasteiger partial charge on any atom is -0.450 e. The van der Waals surface area contributed by atoms with Gasteiger partial charge in [-0.25, -0.2) is 4.79 Å². The number of halogens is 1. The predicted molar refractivity (Wildman–Crippen MR) is 72.3 cm³/mol. The molecule has 0 saturated carbocycles. The zero-order chi connectivity index (χ0) is 11.1. The molecule has 0 spiro atoms. The second-order valence-corrected chi connectivity index (χ2v) is 4.88. The van der Waals surface area contributed by atoms with Crippen LogP contribution in [-0.2, 0) is 4.74 Å². The Morgan fingerprint density at radius 3 is 3.07 bits per heavy atom. The van der Waals surface area contributed by atoms with Crippen molar-refractivity contribution in [3.8, 4) is 0 Å². The molecule has 0 aliphatic heterocycles. The van der Waals surface area contributed by atoms with E-state index in [1.165, 1.54) is 0 Å². The molecule has 15 heavy (non-hydrogen) atoms. The van der Waals surface area contributed by atoms with Crippen LogP contribution in [0, 0.1) is 0 Å². The predicted octanol–water partition coefficient (Wildman–Crippen LogP) is 3.29. The van der Waals surface area contributed by atoms with E-state index >= 15 is 0 Å². The van der Waals surface area contributed by atoms with E-state index in [4.69, 9.17) is 4.74 Å². The van der Waals surface area contributed by atoms with Crippen molar-refractivity contribution >= 4 is 39.9 Å². The highest BCUT2D eigenvalue weighted by molar-refractivity contribution is 14.1. The molecule has 0 fully saturated rings. The lowest BCUT2D eigenvalue weighted by Crippen LogP contribution is -2.22. The number of nitrogens with one attached hydrogen (secondary N) is 1. The summed E-state index contributed by atoms with van der Waals surface area (Å²) in [5, 5.41) is -0.186. The Balaban J connectivity index is 2.41. The third-order valence-corrected chi connectivity index (χ3v) is 3.69. The summed E-state index contributed by atoms with van der Waals surface area (Å²) in [4.78, 5) is 11.1. The summed E-state index contributed by atoms with van der Waals surface area (Å²) in [5.74, 6) is 0. The van der Waals surface area contributed by atoms with Crippen LogP contribution < -0.4 is 3.53 Å². The minimum absolute atomic E-state index is 0.0277. The van der Waals surface area contributed by atoms with Crippen molar-refractivity contribution in [1.29, 1.82) is 0 Å². The van der Waals surface area contributed by atoms with Crippen LogP contribution >= 0.6 is 34.6 Å². The van der Waals surface area contributed by atoms with Gasteiger partial charge in [0.1, 0.15) is 6.10 Å². The number of hydrogen-bond acceptors (Lipinski definition) is 4. The van der Waals surface area contributed by atoms with Crippen LogP contribution in [0.4, 0.5) is 4.79 Å². The summed E-state index contributed by atoms with van der Waals surface area (Å²) in [6.45, 7) is 0. The van der Waals surface area contributed by atoms with Gasteiger partial charge in [-0.3, -0.25) is 3.53 Å². The smallest absolute Gasteiger partial charge is 0.367 e. The molecule has 0 aromatic rings. The first-order valence-electron chi connectivity index (χ1n) is 5.03. The summed E-state index contributed by atoms with van der Waals surface area (Å²) in [6.07, 6.45) is 10.00. The molecule has 1 N–H and O–H groups in total. The average molecular weight is 341 g/mol. The van der Waals surface area contributed by atoms with Gasteiger partial charge in [-0.15, -0.1) is 0 Å². The molecule has 1 rings (SSSR count). The van der Waals surface area contributed by atoms with Gasteiger partial charge in [-0.05, 0) is 49.8 Å². The van der Waals surface area contributed by atoms with Crippen molar-refractivity contribution in [1.82, 2.24) is 3.53 Å². The molecule has 0 saturated heterocycles. The first kappa shape index (κ1) is 13.3. The number of rotatable bonds is 2. The summed E-state index contributed by atoms with van der Waals surface area (Å²) in [6, 6.07) is 0.555. The lowest BCUT2D eigenvalue weighted by molar-refractivity contribution is 0.139. The largest absolute Gasteiger partial charge is 0.450 e. The molecule has 5 heteroatoms. The van der Waals surface area contributed by atoms with E-state index in [1.54, 1.807) is 6.26 Å². The lowest BCUT2D eigenvalue weighted by atomic mass is 10.0. The topological polar surface area (TPSA) is 38.3 Å². The van der Waals surface area contributed by atoms with Gasteiger partial charge in [-0.1, -0.05) is 6.08 Å². The number of hydrogen-bond donors (Lipinski definition) is 1. The van der Waals surface area contributed by atoms with Crippen LogP contribution in [0.2, 0.25) is 0 Å². The first-order valence-corrected chi connectivity index (χ1v) is 7.34. The SMILES string of the molecule is CSC(=O)OC1/C=C/CC(NI)CCC1. The molecule has 0 amide bonds. The van der Waals surface area contributed by atoms with Crippen molar-refractivity contribution in [3.05, 3.63) is 12.2 Å². The fraction of sp³-hybridized carbons (Fsp3) is 0.700. The van der Waals surface area contributed by atoms with Crippen molar-refractivity contribution in [3.63, 3.8) is 0 Å². The van der Waals surface area contributed by atoms with Gasteiger partial charge in [0.15, 0.2) is 0 Å². The van der Waals surface area contributed by atoms with E-state index in [0.717, 1.165) is 37.4 Å². The molecule has 0 aromatic carbocycles. The monoisotopic (exact) mass is 341 g/mol. The van der Waals surface area contributed by atoms with Crippen LogP contribution in [0.3, 0.4) is 0 Å². The highest BCUT2D eigenvalue weighted by Gasteiger charge is 2.14. The van der Waals surface area contributed by atoms with Crippen LogP contribution in [0.15, 0.2) is 12.2 Å². The highest BCUT2D eigenvalue weighted by Crippen LogP contribution is 2.17. The Labute approximate surface area is 109 Å². The van der Waals surface area contributed by atoms with Crippen molar-refractivity contribution in [2.24, 2.45) is 0 Å². The lowest BCUT2D eigenvalue weighted by Gasteiger charge is -2.19. The Morgan fingerprint density at radius 2 is 2.40 bits per heavy atom. The molecule has 1 aliphatic carbocycles. The first-order chi connectivity index (χ1) is 7.26. The Bertz CT molecular complexity index is 235. The number of carbonyl (C=O) groups excluding carboxylic acids is 1. The van der Waals surface area contributed by atoms with Crippen LogP contribution in [0.5, 0.6) is 0 Å². The summed E-state index contributed by atoms with van der Waals surface area (Å²) < 4.78 is 8.51. The van der Waals surface area contributed by atoms with Gasteiger partial charge in [0, 0.05) is 28.9 Å². The van der Waals surface area contributed by atoms with Crippen molar-refractivity contribution < 1.29 is 9.53 Å². The molecule has 0 bridgehead atoms. The van der Waals surface area contributed by atoms with Crippen molar-refractivity contribution in [2.75, 3.05) is 6.26 Å². The minimum atomic E-state index is -0.186. The quantitative estimate of drug-likeness (QED) is 0.362. The third-order valence-electron chi connectivity index (χ3n) is 2.38. The molecule has 2 unspecified atom stereocenters. The van der Waals surface area contributed by atoms with Crippen molar-refractivity contribution in [2.45, 2.75) is 37.8 Å². The molecular weight excluding hydrogens is 325 g/mol. The van der Waals surface area contributed by atoms with Gasteiger partial charge in [-0.2, -0.15) is 0 Å². The van der Waals surface area contributed by atoms with E-state index in [-0.39, 0.29) is 11.4 Å². The molecule has 2 atom stereocenters. The Hall–Kier alpha value is 0.250. The molecular formula is C10H16INO2S. The number of carbonyl (C=O) groups is 1. The number of ether oxygens (including phenoxy) is 1. The van der Waals surface area contributed by atoms with Gasteiger partial charge >= 0.3 is 5.30 Å². The fourth-order valence-corrected chi connectivity index (χ4v) is 2.33. The zero-order valence-corrected chi connectivity index (χ0v) is 11.7. The maximum atomic E-state index is 11.1. The van der Waals surface area contributed by atoms with Crippen LogP contribution in [-0.4, -0.2) is 23.7 Å². The van der Waals surface area contributed by atoms with E-state index < -0.39 is 0 Å². The molecule has 0 radical (unpaired) electrons. The normalized spacial score (nSPS) is 28.9. The zero-order valence-electron chi connectivity index (χ0n) is 8.74. The second kappa shape index (κ2) is 7.51. The summed E-state index contributed by atoms with van der Waals surface area (Å²) >= 11 is 3.32. The molecule has 0 aromatic heterocycles. The van der Waals surface area contributed by atoms with E-state index in [0.29, 0.717) is 6.04 Å². The van der Waals surface area contributed by atoms with Gasteiger partial charge in [0.2, 0.25) is 0 Å². The van der Waals surface area contributed by atoms with Gasteiger partial charge in [0.05, 0.1) is 0 Å². The maximum absolute atomic E-state index is 11.1. The summed E-state index contributed by atoms with van der Waals surface area (Å²) in [5.41, 5.74) is 0. The molecule has 0 heterocycles. The average Bonchev–Trinajstić information content (AvgIpc) is 2.21. The summed E-state index contributed by atoms with van der Waals surface area (Å²) in [7, 11) is 0. The molecule has 86 valence electrons. The van der Waals surface area contributed by atoms with Crippen LogP contribution in [0.1, 0.15) is 25.7 Å². The maximum Gasteiger partial charge on any atom is 0.367 e. The Morgan fingerprint density at radius 1 is 1.60 bits per heavy atom. The van der Waals surface area contributed by atoms with E-state index in [2.05, 4.69) is 32.5 Å². The van der Waals surface area contributed by atoms with E-state index in [1.807, 2.05) is 6.08 Å². The third kappa shape index (κ3) is 5.21. The fourth-order valence-electron chi connectivity index (χ4n) is 1.54. The molecule has 1 aliphatic rings. The standard InChI is InChI=1S/C10H16INO2S/c1-15-10(13)14-9-6-2-4-8(12-11)5-3-7-9/h2,6,8-9,12H,3-5,7H2,1H3/b6-2+. The molecule has 3 nitrogen and oxygen atoms in total. The highest BCUT2D eigenvalue weighted by atomic mass is 127. The van der Waals surface area contributed by atoms with Gasteiger partial charge < -0.3 is 4.74 Å². The Kier molecular flexibility index (Phi) is 6.67. The second-order valence-electron chi connectivity index (χ2n) is 3.51.